The highest BCUT2D eigenvalue weighted by atomic mass is 32.1. The number of carbonyl (C=O) groups excluding carboxylic acids is 7. The van der Waals surface area contributed by atoms with Crippen LogP contribution in [0.2, 0.25) is 0 Å². The molecule has 4 aliphatic heterocycles. The normalized spacial score (nSPS) is 21.1. The predicted octanol–water partition coefficient (Wildman–Crippen LogP) is 7.92. The number of nitrogens with zero attached hydrogens (tertiary/aromatic N) is 5. The van der Waals surface area contributed by atoms with E-state index in [2.05, 4.69) is 15.7 Å². The number of hydrogen-bond acceptors (Lipinski definition) is 14. The first-order valence-electron chi connectivity index (χ1n) is 30.1. The van der Waals surface area contributed by atoms with E-state index in [4.69, 9.17) is 18.7 Å². The highest BCUT2D eigenvalue weighted by Crippen LogP contribution is 2.58. The average Bonchev–Trinajstić information content (AvgIpc) is 2.18. The Labute approximate surface area is 513 Å². The lowest BCUT2D eigenvalue weighted by Gasteiger charge is -2.39. The molecule has 6 aromatic rings. The smallest absolute Gasteiger partial charge is 0.355 e. The van der Waals surface area contributed by atoms with Crippen LogP contribution in [-0.4, -0.2) is 142 Å². The number of ether oxygens (including phenoxy) is 3. The first kappa shape index (κ1) is 63.5. The second-order valence-electron chi connectivity index (χ2n) is 24.2. The van der Waals surface area contributed by atoms with Gasteiger partial charge in [0.05, 0.1) is 41.8 Å². The number of thiophene rings is 1. The van der Waals surface area contributed by atoms with Crippen LogP contribution in [0.15, 0.2) is 108 Å². The third-order valence-corrected chi connectivity index (χ3v) is 20.1. The van der Waals surface area contributed by atoms with Crippen molar-refractivity contribution in [3.63, 3.8) is 0 Å². The molecule has 4 aliphatic rings. The number of morpholine rings is 1. The lowest BCUT2D eigenvalue weighted by Crippen LogP contribution is -2.60. The Hall–Kier alpha value is -7.56. The number of hydrogen-bond donors (Lipinski definition) is 3. The Morgan fingerprint density at radius 1 is 0.864 bits per heavy atom. The monoisotopic (exact) mass is 1250 g/mol. The van der Waals surface area contributed by atoms with Crippen molar-refractivity contribution in [1.29, 1.82) is 0 Å². The number of benzene rings is 4. The third-order valence-electron chi connectivity index (χ3n) is 16.9. The standard InChI is InChI=1S/C64H76FN8O13PS/c1-7-31-84-62(80)39(2)68-87(82,86-45-16-12-9-13-17-45)57(65)43-19-22-51-44(35-43)36-52(88-51)59(77)67-56(64(3,4)5)61(79)72-29-26-49(55(72)60(78)71-30-32-83-50(37-71)42-14-10-8-11-15-42)85-38-54(75)70-27-24-40(25-28-70)33-41-18-20-46-48(34-41)69(6)63(81)73(46)47-21-23-53(74)66-58(47)76/h8-20,22,34-36,39-40,47,49-50,55-57H,7,21,23-33,37-38H2,1-6H3,(H,67,77)(H,68,82)(H,66,74,76)/t39-,47?,49+,50-,55-,56+,57?,87?/m0/s1. The molecule has 10 rings (SSSR count). The topological polar surface area (TPSA) is 246 Å². The van der Waals surface area contributed by atoms with E-state index in [9.17, 15) is 33.3 Å². The molecule has 3 unspecified atom stereocenters. The molecular weight excluding hydrogens is 1170 g/mol. The predicted molar refractivity (Wildman–Crippen MR) is 328 cm³/mol. The Balaban J connectivity index is 0.822. The van der Waals surface area contributed by atoms with E-state index < -0.39 is 78.9 Å². The highest BCUT2D eigenvalue weighted by Gasteiger charge is 2.49. The van der Waals surface area contributed by atoms with Crippen molar-refractivity contribution in [2.45, 2.75) is 122 Å². The van der Waals surface area contributed by atoms with Crippen LogP contribution in [0.25, 0.3) is 21.1 Å². The Kier molecular flexibility index (Phi) is 19.5. The maximum atomic E-state index is 16.9. The summed E-state index contributed by atoms with van der Waals surface area (Å²) >= 11 is 1.11. The van der Waals surface area contributed by atoms with Crippen LogP contribution in [-0.2, 0) is 61.0 Å². The number of alkyl halides is 1. The van der Waals surface area contributed by atoms with E-state index in [-0.39, 0.29) is 104 Å². The highest BCUT2D eigenvalue weighted by molar-refractivity contribution is 7.57. The van der Waals surface area contributed by atoms with Crippen molar-refractivity contribution in [3.8, 4) is 5.75 Å². The van der Waals surface area contributed by atoms with Gasteiger partial charge in [-0.15, -0.1) is 11.3 Å². The number of esters is 1. The van der Waals surface area contributed by atoms with Gasteiger partial charge in [-0.2, -0.15) is 0 Å². The summed E-state index contributed by atoms with van der Waals surface area (Å²) < 4.78 is 58.6. The lowest BCUT2D eigenvalue weighted by molar-refractivity contribution is -0.156. The van der Waals surface area contributed by atoms with E-state index in [0.717, 1.165) is 22.5 Å². The summed E-state index contributed by atoms with van der Waals surface area (Å²) in [6.45, 7) is 10.2. The number of piperidine rings is 2. The molecule has 3 N–H and O–H groups in total. The molecular formula is C64H76FN8O13PS. The number of imide groups is 1. The minimum absolute atomic E-state index is 0.0370. The van der Waals surface area contributed by atoms with Gasteiger partial charge in [0.25, 0.3) is 5.91 Å². The maximum Gasteiger partial charge on any atom is 0.355 e. The first-order valence-corrected chi connectivity index (χ1v) is 32.6. The van der Waals surface area contributed by atoms with Crippen molar-refractivity contribution in [2.24, 2.45) is 18.4 Å². The summed E-state index contributed by atoms with van der Waals surface area (Å²) in [7, 11) is -2.88. The molecule has 8 atom stereocenters. The summed E-state index contributed by atoms with van der Waals surface area (Å²) in [6.07, 6.45) is 1.98. The second-order valence-corrected chi connectivity index (χ2v) is 27.4. The van der Waals surface area contributed by atoms with Gasteiger partial charge < -0.3 is 38.8 Å². The van der Waals surface area contributed by atoms with Gasteiger partial charge in [-0.25, -0.2) is 14.3 Å². The molecule has 0 aliphatic carbocycles. The van der Waals surface area contributed by atoms with Crippen molar-refractivity contribution in [1.82, 2.24) is 39.6 Å². The number of rotatable bonds is 20. The first-order chi connectivity index (χ1) is 42.1. The van der Waals surface area contributed by atoms with Crippen LogP contribution in [0.3, 0.4) is 0 Å². The fraction of sp³-hybridized carbons (Fsp3) is 0.469. The maximum absolute atomic E-state index is 16.9. The number of likely N-dealkylation sites (tertiary alicyclic amines) is 2. The van der Waals surface area contributed by atoms with E-state index >= 15 is 14.0 Å². The Bertz CT molecular complexity index is 3690. The van der Waals surface area contributed by atoms with Crippen molar-refractivity contribution in [3.05, 3.63) is 135 Å². The van der Waals surface area contributed by atoms with Gasteiger partial charge in [-0.1, -0.05) is 88.4 Å². The molecule has 6 heterocycles. The fourth-order valence-corrected chi connectivity index (χ4v) is 15.0. The van der Waals surface area contributed by atoms with Crippen molar-refractivity contribution >= 4 is 81.4 Å². The van der Waals surface area contributed by atoms with Crippen molar-refractivity contribution < 1.29 is 61.3 Å². The Morgan fingerprint density at radius 3 is 2.30 bits per heavy atom. The number of imidazole rings is 1. The molecule has 0 spiro atoms. The SMILES string of the molecule is CCCOC(=O)[C@H](C)NP(=O)(Oc1ccccc1)C(F)c1ccc2sc(C(=O)N[C@H](C(=O)N3CC[C@@H](OCC(=O)N4CCC(Cc5ccc6c(c5)n(C)c(=O)n6C5CCC(=O)NC5=O)CC4)[C@H]3C(=O)N3CCO[C@H](c4ccccc4)C3)C(C)(C)C)cc2c1. The van der Waals surface area contributed by atoms with Gasteiger partial charge in [0.15, 0.2) is 0 Å². The van der Waals surface area contributed by atoms with Gasteiger partial charge >= 0.3 is 19.2 Å². The summed E-state index contributed by atoms with van der Waals surface area (Å²) in [6, 6.07) is 25.1. The number of amides is 6. The molecule has 4 saturated heterocycles. The molecule has 0 saturated carbocycles. The van der Waals surface area contributed by atoms with Crippen LogP contribution in [0.5, 0.6) is 5.75 Å². The molecule has 468 valence electrons. The number of para-hydroxylation sites is 1. The van der Waals surface area contributed by atoms with Gasteiger partial charge in [0.1, 0.15) is 42.6 Å². The van der Waals surface area contributed by atoms with E-state index in [1.165, 1.54) is 45.2 Å². The van der Waals surface area contributed by atoms with Crippen LogP contribution in [0.4, 0.5) is 4.39 Å². The van der Waals surface area contributed by atoms with Gasteiger partial charge in [-0.3, -0.25) is 52.6 Å². The van der Waals surface area contributed by atoms with E-state index in [0.29, 0.717) is 59.9 Å². The quantitative estimate of drug-likeness (QED) is 0.0374. The summed E-state index contributed by atoms with van der Waals surface area (Å²) in [5, 5.41) is 8.36. The molecule has 4 aromatic carbocycles. The molecule has 21 nitrogen and oxygen atoms in total. The number of carbonyl (C=O) groups is 7. The zero-order chi connectivity index (χ0) is 62.6. The molecule has 0 radical (unpaired) electrons. The largest absolute Gasteiger partial charge is 0.465 e. The second kappa shape index (κ2) is 27.0. The molecule has 6 amide bonds. The molecule has 0 bridgehead atoms. The third kappa shape index (κ3) is 14.0. The van der Waals surface area contributed by atoms with Gasteiger partial charge in [-0.05, 0) is 121 Å². The number of halogens is 1. The zero-order valence-corrected chi connectivity index (χ0v) is 52.0. The minimum Gasteiger partial charge on any atom is -0.465 e. The fourth-order valence-electron chi connectivity index (χ4n) is 12.1. The zero-order valence-electron chi connectivity index (χ0n) is 50.3. The van der Waals surface area contributed by atoms with Gasteiger partial charge in [0.2, 0.25) is 35.4 Å². The van der Waals surface area contributed by atoms with E-state index in [1.54, 1.807) is 47.2 Å². The van der Waals surface area contributed by atoms with Crippen LogP contribution in [0, 0.1) is 11.3 Å². The van der Waals surface area contributed by atoms with Crippen LogP contribution < -0.4 is 25.9 Å². The average molecular weight is 1250 g/mol. The number of aromatic nitrogens is 2. The van der Waals surface area contributed by atoms with Gasteiger partial charge in [0, 0.05) is 44.3 Å². The summed E-state index contributed by atoms with van der Waals surface area (Å²) in [4.78, 5) is 115. The summed E-state index contributed by atoms with van der Waals surface area (Å²) in [5.41, 5.74) is 1.91. The molecule has 2 aromatic heterocycles. The number of nitrogens with one attached hydrogen (secondary N) is 3. The molecule has 24 heteroatoms. The van der Waals surface area contributed by atoms with Crippen LogP contribution in [0.1, 0.15) is 118 Å². The van der Waals surface area contributed by atoms with Crippen molar-refractivity contribution in [2.75, 3.05) is 52.5 Å². The summed E-state index contributed by atoms with van der Waals surface area (Å²) in [5.74, 6) is -5.23. The molecule has 4 fully saturated rings. The number of aryl methyl sites for hydroxylation is 1. The Morgan fingerprint density at radius 2 is 1.59 bits per heavy atom. The molecule has 88 heavy (non-hydrogen) atoms. The lowest BCUT2D eigenvalue weighted by atomic mass is 9.85. The minimum atomic E-state index is -4.55. The van der Waals surface area contributed by atoms with E-state index in [1.807, 2.05) is 76.2 Å². The van der Waals surface area contributed by atoms with Crippen LogP contribution >= 0.6 is 18.9 Å². The number of fused-ring (bicyclic) bond motifs is 2.